The Balaban J connectivity index is 1.72. The maximum absolute atomic E-state index is 12.8. The lowest BCUT2D eigenvalue weighted by Gasteiger charge is -2.27. The number of amides is 1. The van der Waals surface area contributed by atoms with E-state index >= 15 is 0 Å². The first-order valence-corrected chi connectivity index (χ1v) is 11.6. The number of benzene rings is 2. The van der Waals surface area contributed by atoms with Crippen LogP contribution in [0.25, 0.3) is 17.1 Å². The summed E-state index contributed by atoms with van der Waals surface area (Å²) >= 11 is 0. The van der Waals surface area contributed by atoms with Crippen molar-refractivity contribution >= 4 is 5.91 Å². The Morgan fingerprint density at radius 3 is 2.52 bits per heavy atom. The lowest BCUT2D eigenvalue weighted by atomic mass is 9.99. The van der Waals surface area contributed by atoms with E-state index in [0.29, 0.717) is 12.4 Å². The first kappa shape index (κ1) is 22.9. The largest absolute Gasteiger partial charge is 0.508 e. The van der Waals surface area contributed by atoms with Crippen LogP contribution in [-0.2, 0) is 6.54 Å². The van der Waals surface area contributed by atoms with E-state index in [9.17, 15) is 9.90 Å². The Hall–Kier alpha value is -3.23. The summed E-state index contributed by atoms with van der Waals surface area (Å²) in [5.74, 6) is 0.923. The second-order valence-electron chi connectivity index (χ2n) is 8.66. The van der Waals surface area contributed by atoms with Crippen LogP contribution in [0.1, 0.15) is 48.4 Å². The number of carbonyl (C=O) groups is 1. The maximum Gasteiger partial charge on any atom is 0.289 e. The molecule has 2 heterocycles. The van der Waals surface area contributed by atoms with E-state index in [2.05, 4.69) is 37.9 Å². The third-order valence-electron chi connectivity index (χ3n) is 5.92. The predicted molar refractivity (Wildman–Crippen MR) is 129 cm³/mol. The second-order valence-corrected chi connectivity index (χ2v) is 8.66. The number of nitrogens with one attached hydrogen (secondary N) is 2. The summed E-state index contributed by atoms with van der Waals surface area (Å²) in [6.45, 7) is 11.4. The first-order valence-electron chi connectivity index (χ1n) is 11.6. The summed E-state index contributed by atoms with van der Waals surface area (Å²) in [5, 5.41) is 25.0. The molecule has 8 heteroatoms. The molecule has 0 spiro atoms. The molecule has 4 rings (SSSR count). The molecular weight excluding hydrogens is 416 g/mol. The standard InChI is InChI=1S/C25H32N6O2/c1-4-27-25(33)24-29-28-23(19-7-10-22(32)21(15-19)17(2)3)31(24)20-8-5-18(6-9-20)16-30-13-11-26-12-14-30/h5-10,15,17,26,32H,4,11-14,16H2,1-3H3,(H,27,33). The van der Waals surface area contributed by atoms with Gasteiger partial charge in [-0.2, -0.15) is 0 Å². The fourth-order valence-corrected chi connectivity index (χ4v) is 4.14. The molecule has 0 saturated carbocycles. The zero-order valence-electron chi connectivity index (χ0n) is 19.5. The third-order valence-corrected chi connectivity index (χ3v) is 5.92. The van der Waals surface area contributed by atoms with Crippen LogP contribution < -0.4 is 10.6 Å². The Kier molecular flexibility index (Phi) is 7.05. The highest BCUT2D eigenvalue weighted by Crippen LogP contribution is 2.31. The van der Waals surface area contributed by atoms with Crippen molar-refractivity contribution in [1.29, 1.82) is 0 Å². The summed E-state index contributed by atoms with van der Waals surface area (Å²) in [6, 6.07) is 13.6. The van der Waals surface area contributed by atoms with Crippen LogP contribution in [0.15, 0.2) is 42.5 Å². The smallest absolute Gasteiger partial charge is 0.289 e. The van der Waals surface area contributed by atoms with E-state index in [1.807, 2.05) is 45.0 Å². The number of hydrogen-bond acceptors (Lipinski definition) is 6. The van der Waals surface area contributed by atoms with Crippen LogP contribution in [0.5, 0.6) is 5.75 Å². The zero-order chi connectivity index (χ0) is 23.4. The van der Waals surface area contributed by atoms with E-state index in [0.717, 1.165) is 49.5 Å². The molecule has 1 fully saturated rings. The van der Waals surface area contributed by atoms with Gasteiger partial charge in [-0.25, -0.2) is 0 Å². The minimum Gasteiger partial charge on any atom is -0.508 e. The van der Waals surface area contributed by atoms with Gasteiger partial charge >= 0.3 is 0 Å². The van der Waals surface area contributed by atoms with Crippen molar-refractivity contribution in [1.82, 2.24) is 30.3 Å². The molecule has 174 valence electrons. The Morgan fingerprint density at radius 1 is 1.12 bits per heavy atom. The highest BCUT2D eigenvalue weighted by atomic mass is 16.3. The zero-order valence-corrected chi connectivity index (χ0v) is 19.5. The van der Waals surface area contributed by atoms with Crippen molar-refractivity contribution in [3.05, 3.63) is 59.4 Å². The number of piperazine rings is 1. The summed E-state index contributed by atoms with van der Waals surface area (Å²) in [5.41, 5.74) is 3.67. The van der Waals surface area contributed by atoms with E-state index in [1.54, 1.807) is 10.6 Å². The van der Waals surface area contributed by atoms with E-state index < -0.39 is 0 Å². The minimum atomic E-state index is -0.274. The van der Waals surface area contributed by atoms with Gasteiger partial charge in [0.15, 0.2) is 5.82 Å². The van der Waals surface area contributed by atoms with Gasteiger partial charge < -0.3 is 15.7 Å². The fourth-order valence-electron chi connectivity index (χ4n) is 4.14. The second kappa shape index (κ2) is 10.1. The van der Waals surface area contributed by atoms with Gasteiger partial charge in [-0.3, -0.25) is 14.3 Å². The lowest BCUT2D eigenvalue weighted by molar-refractivity contribution is 0.0943. The van der Waals surface area contributed by atoms with Crippen LogP contribution in [0, 0.1) is 0 Å². The van der Waals surface area contributed by atoms with Gasteiger partial charge in [0, 0.05) is 50.5 Å². The third kappa shape index (κ3) is 5.07. The van der Waals surface area contributed by atoms with Crippen molar-refractivity contribution in [3.63, 3.8) is 0 Å². The molecule has 1 aliphatic heterocycles. The SMILES string of the molecule is CCNC(=O)c1nnc(-c2ccc(O)c(C(C)C)c2)n1-c1ccc(CN2CCNCC2)cc1. The van der Waals surface area contributed by atoms with Crippen LogP contribution in [0.2, 0.25) is 0 Å². The molecule has 2 aromatic carbocycles. The Bertz CT molecular complexity index is 1100. The average Bonchev–Trinajstić information content (AvgIpc) is 3.26. The van der Waals surface area contributed by atoms with Gasteiger partial charge in [-0.1, -0.05) is 26.0 Å². The molecule has 1 aliphatic rings. The molecule has 1 amide bonds. The van der Waals surface area contributed by atoms with Gasteiger partial charge in [0.2, 0.25) is 5.82 Å². The van der Waals surface area contributed by atoms with Gasteiger partial charge in [0.05, 0.1) is 0 Å². The van der Waals surface area contributed by atoms with Crippen molar-refractivity contribution < 1.29 is 9.90 Å². The lowest BCUT2D eigenvalue weighted by Crippen LogP contribution is -2.42. The number of phenolic OH excluding ortho intramolecular Hbond substituents is 1. The quantitative estimate of drug-likeness (QED) is 0.514. The molecule has 0 atom stereocenters. The van der Waals surface area contributed by atoms with Gasteiger partial charge in [-0.15, -0.1) is 10.2 Å². The first-order chi connectivity index (χ1) is 16.0. The Labute approximate surface area is 194 Å². The Morgan fingerprint density at radius 2 is 1.85 bits per heavy atom. The maximum atomic E-state index is 12.8. The molecule has 0 radical (unpaired) electrons. The predicted octanol–water partition coefficient (Wildman–Crippen LogP) is 2.92. The summed E-state index contributed by atoms with van der Waals surface area (Å²) in [4.78, 5) is 15.2. The minimum absolute atomic E-state index is 0.147. The van der Waals surface area contributed by atoms with Crippen molar-refractivity contribution in [2.45, 2.75) is 33.2 Å². The van der Waals surface area contributed by atoms with Crippen molar-refractivity contribution in [2.75, 3.05) is 32.7 Å². The molecule has 33 heavy (non-hydrogen) atoms. The molecule has 1 saturated heterocycles. The number of phenols is 1. The molecule has 0 unspecified atom stereocenters. The molecule has 1 aromatic heterocycles. The fraction of sp³-hybridized carbons (Fsp3) is 0.400. The van der Waals surface area contributed by atoms with Crippen LogP contribution in [-0.4, -0.2) is 63.4 Å². The highest BCUT2D eigenvalue weighted by molar-refractivity contribution is 5.92. The monoisotopic (exact) mass is 448 g/mol. The molecule has 0 aliphatic carbocycles. The van der Waals surface area contributed by atoms with E-state index in [4.69, 9.17) is 0 Å². The highest BCUT2D eigenvalue weighted by Gasteiger charge is 2.22. The average molecular weight is 449 g/mol. The summed E-state index contributed by atoms with van der Waals surface area (Å²) in [6.07, 6.45) is 0. The summed E-state index contributed by atoms with van der Waals surface area (Å²) < 4.78 is 1.79. The molecule has 8 nitrogen and oxygen atoms in total. The molecule has 3 N–H and O–H groups in total. The molecule has 0 bridgehead atoms. The van der Waals surface area contributed by atoms with Crippen molar-refractivity contribution in [3.8, 4) is 22.8 Å². The van der Waals surface area contributed by atoms with Gasteiger partial charge in [0.25, 0.3) is 5.91 Å². The number of rotatable bonds is 7. The van der Waals surface area contributed by atoms with E-state index in [-0.39, 0.29) is 23.4 Å². The number of hydrogen-bond donors (Lipinski definition) is 3. The van der Waals surface area contributed by atoms with Crippen LogP contribution in [0.4, 0.5) is 0 Å². The van der Waals surface area contributed by atoms with Crippen LogP contribution in [0.3, 0.4) is 0 Å². The van der Waals surface area contributed by atoms with Gasteiger partial charge in [-0.05, 0) is 54.3 Å². The molecular formula is C25H32N6O2. The van der Waals surface area contributed by atoms with Crippen LogP contribution >= 0.6 is 0 Å². The van der Waals surface area contributed by atoms with E-state index in [1.165, 1.54) is 5.56 Å². The number of aromatic hydroxyl groups is 1. The topological polar surface area (TPSA) is 95.3 Å². The van der Waals surface area contributed by atoms with Gasteiger partial charge in [0.1, 0.15) is 5.75 Å². The normalized spacial score (nSPS) is 14.5. The molecule has 3 aromatic rings. The summed E-state index contributed by atoms with van der Waals surface area (Å²) in [7, 11) is 0. The number of nitrogens with zero attached hydrogens (tertiary/aromatic N) is 4. The number of aromatic nitrogens is 3. The van der Waals surface area contributed by atoms with Crippen molar-refractivity contribution in [2.24, 2.45) is 0 Å². The number of carbonyl (C=O) groups excluding carboxylic acids is 1.